The number of rotatable bonds is 8. The molecule has 23 heavy (non-hydrogen) atoms. The first kappa shape index (κ1) is 18.1. The molecule has 0 aromatic carbocycles. The molecular formula is C17H29N3O3. The molecular weight excluding hydrogens is 294 g/mol. The Hall–Kier alpha value is -1.24. The summed E-state index contributed by atoms with van der Waals surface area (Å²) in [6.07, 6.45) is 7.47. The molecule has 0 bridgehead atoms. The summed E-state index contributed by atoms with van der Waals surface area (Å²) >= 11 is 0. The molecule has 0 unspecified atom stereocenters. The van der Waals surface area contributed by atoms with Crippen LogP contribution in [0.2, 0.25) is 0 Å². The predicted molar refractivity (Wildman–Crippen MR) is 89.5 cm³/mol. The van der Waals surface area contributed by atoms with Gasteiger partial charge in [-0.15, -0.1) is 0 Å². The van der Waals surface area contributed by atoms with Crippen molar-refractivity contribution in [1.29, 1.82) is 0 Å². The van der Waals surface area contributed by atoms with Crippen LogP contribution in [0.4, 0.5) is 5.95 Å². The number of ether oxygens (including phenoxy) is 1. The van der Waals surface area contributed by atoms with E-state index in [0.717, 1.165) is 31.2 Å². The highest BCUT2D eigenvalue weighted by Gasteiger charge is 2.42. The van der Waals surface area contributed by atoms with Crippen LogP contribution in [0.5, 0.6) is 0 Å². The predicted octanol–water partition coefficient (Wildman–Crippen LogP) is 1.41. The topological polar surface area (TPSA) is 78.7 Å². The number of nitrogens with zero attached hydrogens (tertiary/aromatic N) is 3. The van der Waals surface area contributed by atoms with Gasteiger partial charge in [0.05, 0.1) is 12.7 Å². The lowest BCUT2D eigenvalue weighted by Crippen LogP contribution is -2.54. The van der Waals surface area contributed by atoms with Crippen LogP contribution in [-0.2, 0) is 11.2 Å². The van der Waals surface area contributed by atoms with E-state index in [1.807, 2.05) is 12.4 Å². The van der Waals surface area contributed by atoms with Crippen molar-refractivity contribution in [2.24, 2.45) is 5.41 Å². The van der Waals surface area contributed by atoms with Crippen LogP contribution in [0, 0.1) is 5.41 Å². The highest BCUT2D eigenvalue weighted by atomic mass is 16.5. The lowest BCUT2D eigenvalue weighted by Gasteiger charge is -2.45. The Morgan fingerprint density at radius 2 is 2.13 bits per heavy atom. The van der Waals surface area contributed by atoms with E-state index in [0.29, 0.717) is 32.1 Å². The zero-order chi connectivity index (χ0) is 16.7. The van der Waals surface area contributed by atoms with E-state index in [2.05, 4.69) is 21.8 Å². The SMILES string of the molecule is CCCc1cnc(N2CC[C@@H](O)[C@@](CO)(CCCOC)C2)nc1. The van der Waals surface area contributed by atoms with Gasteiger partial charge in [0.1, 0.15) is 0 Å². The second-order valence-electron chi connectivity index (χ2n) is 6.48. The second-order valence-corrected chi connectivity index (χ2v) is 6.48. The molecule has 0 radical (unpaired) electrons. The summed E-state index contributed by atoms with van der Waals surface area (Å²) in [7, 11) is 1.67. The Balaban J connectivity index is 2.08. The highest BCUT2D eigenvalue weighted by Crippen LogP contribution is 2.35. The maximum atomic E-state index is 10.4. The number of hydrogen-bond donors (Lipinski definition) is 2. The molecule has 2 rings (SSSR count). The summed E-state index contributed by atoms with van der Waals surface area (Å²) in [5.41, 5.74) is 0.615. The van der Waals surface area contributed by atoms with Crippen molar-refractivity contribution in [2.45, 2.75) is 45.1 Å². The van der Waals surface area contributed by atoms with Gasteiger partial charge in [0.15, 0.2) is 0 Å². The first-order valence-electron chi connectivity index (χ1n) is 8.49. The summed E-state index contributed by atoms with van der Waals surface area (Å²) in [6.45, 7) is 4.01. The number of methoxy groups -OCH3 is 1. The van der Waals surface area contributed by atoms with E-state index in [1.54, 1.807) is 7.11 Å². The summed E-state index contributed by atoms with van der Waals surface area (Å²) in [5, 5.41) is 20.4. The monoisotopic (exact) mass is 323 g/mol. The summed E-state index contributed by atoms with van der Waals surface area (Å²) in [5.74, 6) is 0.682. The van der Waals surface area contributed by atoms with E-state index in [9.17, 15) is 10.2 Å². The number of aliphatic hydroxyl groups excluding tert-OH is 2. The molecule has 2 heterocycles. The average Bonchev–Trinajstić information content (AvgIpc) is 2.58. The van der Waals surface area contributed by atoms with E-state index < -0.39 is 11.5 Å². The van der Waals surface area contributed by atoms with Gasteiger partial charge in [-0.1, -0.05) is 13.3 Å². The third-order valence-corrected chi connectivity index (χ3v) is 4.74. The van der Waals surface area contributed by atoms with Gasteiger partial charge in [-0.2, -0.15) is 0 Å². The van der Waals surface area contributed by atoms with E-state index in [4.69, 9.17) is 4.74 Å². The molecule has 6 nitrogen and oxygen atoms in total. The van der Waals surface area contributed by atoms with Gasteiger partial charge in [0.25, 0.3) is 0 Å². The molecule has 0 aliphatic carbocycles. The van der Waals surface area contributed by atoms with Gasteiger partial charge in [0.2, 0.25) is 5.95 Å². The van der Waals surface area contributed by atoms with Gasteiger partial charge >= 0.3 is 0 Å². The summed E-state index contributed by atoms with van der Waals surface area (Å²) in [4.78, 5) is 11.0. The fourth-order valence-electron chi connectivity index (χ4n) is 3.30. The maximum absolute atomic E-state index is 10.4. The van der Waals surface area contributed by atoms with Gasteiger partial charge in [-0.25, -0.2) is 9.97 Å². The van der Waals surface area contributed by atoms with Crippen molar-refractivity contribution in [3.05, 3.63) is 18.0 Å². The molecule has 2 N–H and O–H groups in total. The molecule has 0 amide bonds. The summed E-state index contributed by atoms with van der Waals surface area (Å²) in [6, 6.07) is 0. The standard InChI is InChI=1S/C17H29N3O3/c1-3-5-14-10-18-16(19-11-14)20-8-6-15(22)17(12-20,13-21)7-4-9-23-2/h10-11,15,21-22H,3-9,12-13H2,1-2H3/t15-,17+/m1/s1. The molecule has 1 aromatic heterocycles. The van der Waals surface area contributed by atoms with Crippen molar-refractivity contribution in [3.63, 3.8) is 0 Å². The Bertz CT molecular complexity index is 469. The fourth-order valence-corrected chi connectivity index (χ4v) is 3.30. The molecule has 1 aromatic rings. The van der Waals surface area contributed by atoms with Crippen molar-refractivity contribution >= 4 is 5.95 Å². The minimum atomic E-state index is -0.526. The quantitative estimate of drug-likeness (QED) is 0.704. The minimum Gasteiger partial charge on any atom is -0.396 e. The number of anilines is 1. The van der Waals surface area contributed by atoms with Crippen LogP contribution in [0.1, 0.15) is 38.2 Å². The number of aliphatic hydroxyl groups is 2. The van der Waals surface area contributed by atoms with Crippen LogP contribution in [-0.4, -0.2) is 59.7 Å². The number of piperidine rings is 1. The van der Waals surface area contributed by atoms with Crippen molar-refractivity contribution in [3.8, 4) is 0 Å². The van der Waals surface area contributed by atoms with Crippen LogP contribution in [0.25, 0.3) is 0 Å². The number of hydrogen-bond acceptors (Lipinski definition) is 6. The van der Waals surface area contributed by atoms with E-state index in [-0.39, 0.29) is 6.61 Å². The third-order valence-electron chi connectivity index (χ3n) is 4.74. The van der Waals surface area contributed by atoms with Gasteiger partial charge in [0, 0.05) is 44.6 Å². The lowest BCUT2D eigenvalue weighted by molar-refractivity contribution is -0.0389. The molecule has 0 spiro atoms. The van der Waals surface area contributed by atoms with E-state index in [1.165, 1.54) is 0 Å². The van der Waals surface area contributed by atoms with Crippen LogP contribution < -0.4 is 4.90 Å². The fraction of sp³-hybridized carbons (Fsp3) is 0.765. The Morgan fingerprint density at radius 3 is 2.74 bits per heavy atom. The Morgan fingerprint density at radius 1 is 1.39 bits per heavy atom. The molecule has 130 valence electrons. The van der Waals surface area contributed by atoms with Crippen molar-refractivity contribution < 1.29 is 14.9 Å². The maximum Gasteiger partial charge on any atom is 0.225 e. The first-order valence-corrected chi connectivity index (χ1v) is 8.49. The highest BCUT2D eigenvalue weighted by molar-refractivity contribution is 5.32. The molecule has 2 atom stereocenters. The molecule has 1 fully saturated rings. The first-order chi connectivity index (χ1) is 11.1. The average molecular weight is 323 g/mol. The largest absolute Gasteiger partial charge is 0.396 e. The summed E-state index contributed by atoms with van der Waals surface area (Å²) < 4.78 is 5.10. The zero-order valence-electron chi connectivity index (χ0n) is 14.2. The number of aryl methyl sites for hydroxylation is 1. The van der Waals surface area contributed by atoms with Crippen molar-refractivity contribution in [1.82, 2.24) is 9.97 Å². The normalized spacial score (nSPS) is 24.9. The van der Waals surface area contributed by atoms with Crippen LogP contribution >= 0.6 is 0 Å². The smallest absolute Gasteiger partial charge is 0.225 e. The zero-order valence-corrected chi connectivity index (χ0v) is 14.2. The molecule has 0 saturated carbocycles. The second kappa shape index (κ2) is 8.57. The molecule has 1 aliphatic heterocycles. The molecule has 1 saturated heterocycles. The van der Waals surface area contributed by atoms with Gasteiger partial charge in [-0.05, 0) is 31.2 Å². The molecule has 1 aliphatic rings. The van der Waals surface area contributed by atoms with Crippen molar-refractivity contribution in [2.75, 3.05) is 38.3 Å². The molecule has 6 heteroatoms. The minimum absolute atomic E-state index is 0.0394. The van der Waals surface area contributed by atoms with E-state index >= 15 is 0 Å². The number of aromatic nitrogens is 2. The van der Waals surface area contributed by atoms with Crippen LogP contribution in [0.3, 0.4) is 0 Å². The third kappa shape index (κ3) is 4.40. The van der Waals surface area contributed by atoms with Gasteiger partial charge < -0.3 is 19.8 Å². The van der Waals surface area contributed by atoms with Gasteiger partial charge in [-0.3, -0.25) is 0 Å². The van der Waals surface area contributed by atoms with Crippen LogP contribution in [0.15, 0.2) is 12.4 Å². The Labute approximate surface area is 138 Å². The Kier molecular flexibility index (Phi) is 6.74. The lowest BCUT2D eigenvalue weighted by atomic mass is 9.74.